The number of hydrogen-bond donors (Lipinski definition) is 0. The van der Waals surface area contributed by atoms with Crippen LogP contribution in [-0.4, -0.2) is 42.3 Å². The zero-order valence-electron chi connectivity index (χ0n) is 14.8. The van der Waals surface area contributed by atoms with Crippen molar-refractivity contribution in [3.8, 4) is 0 Å². The molecule has 2 unspecified atom stereocenters. The van der Waals surface area contributed by atoms with Crippen molar-refractivity contribution in [1.29, 1.82) is 0 Å². The molecule has 7 heteroatoms. The maximum Gasteiger partial charge on any atom is 0.251 e. The minimum absolute atomic E-state index is 0.0567. The molecule has 136 valence electrons. The Morgan fingerprint density at radius 3 is 2.68 bits per heavy atom. The summed E-state index contributed by atoms with van der Waals surface area (Å²) in [6.07, 6.45) is 1.53. The summed E-state index contributed by atoms with van der Waals surface area (Å²) in [5, 5.41) is 0.589. The van der Waals surface area contributed by atoms with E-state index >= 15 is 0 Å². The molecule has 1 aromatic carbocycles. The van der Waals surface area contributed by atoms with Gasteiger partial charge in [-0.25, -0.2) is 8.42 Å². The molecule has 2 saturated heterocycles. The predicted molar refractivity (Wildman–Crippen MR) is 104 cm³/mol. The molecular weight excluding hydrogens is 356 g/mol. The SMILES string of the molecule is CCC(CC)C(=O)N=C1SC2CS(=O)(=O)CC2N1c1cccc(C)c1. The van der Waals surface area contributed by atoms with E-state index in [4.69, 9.17) is 0 Å². The highest BCUT2D eigenvalue weighted by atomic mass is 32.2. The van der Waals surface area contributed by atoms with Crippen LogP contribution in [0.2, 0.25) is 0 Å². The fourth-order valence-corrected chi connectivity index (χ4v) is 7.39. The van der Waals surface area contributed by atoms with Gasteiger partial charge >= 0.3 is 0 Å². The molecule has 3 rings (SSSR count). The molecule has 0 radical (unpaired) electrons. The van der Waals surface area contributed by atoms with Crippen LogP contribution in [-0.2, 0) is 14.6 Å². The number of benzene rings is 1. The lowest BCUT2D eigenvalue weighted by atomic mass is 10.0. The number of sulfone groups is 1. The highest BCUT2D eigenvalue weighted by molar-refractivity contribution is 8.16. The quantitative estimate of drug-likeness (QED) is 0.803. The number of thioether (sulfide) groups is 1. The number of carbonyl (C=O) groups excluding carboxylic acids is 1. The Kier molecular flexibility index (Phi) is 5.25. The van der Waals surface area contributed by atoms with Gasteiger partial charge in [-0.2, -0.15) is 4.99 Å². The molecule has 25 heavy (non-hydrogen) atoms. The van der Waals surface area contributed by atoms with E-state index in [0.29, 0.717) is 5.17 Å². The molecule has 2 heterocycles. The van der Waals surface area contributed by atoms with Gasteiger partial charge in [0.25, 0.3) is 5.91 Å². The van der Waals surface area contributed by atoms with E-state index < -0.39 is 9.84 Å². The van der Waals surface area contributed by atoms with Crippen LogP contribution in [0, 0.1) is 12.8 Å². The Balaban J connectivity index is 1.99. The number of aryl methyl sites for hydroxylation is 1. The monoisotopic (exact) mass is 380 g/mol. The molecule has 5 nitrogen and oxygen atoms in total. The zero-order valence-corrected chi connectivity index (χ0v) is 16.4. The van der Waals surface area contributed by atoms with Gasteiger partial charge in [0, 0.05) is 16.9 Å². The van der Waals surface area contributed by atoms with Crippen molar-refractivity contribution >= 4 is 38.4 Å². The van der Waals surface area contributed by atoms with E-state index in [9.17, 15) is 13.2 Å². The number of anilines is 1. The summed E-state index contributed by atoms with van der Waals surface area (Å²) in [7, 11) is -3.04. The normalized spacial score (nSPS) is 26.4. The van der Waals surface area contributed by atoms with Gasteiger partial charge in [0.1, 0.15) is 0 Å². The molecule has 1 amide bonds. The summed E-state index contributed by atoms with van der Waals surface area (Å²) < 4.78 is 24.1. The molecule has 0 bridgehead atoms. The highest BCUT2D eigenvalue weighted by Crippen LogP contribution is 2.41. The second-order valence-corrected chi connectivity index (χ2v) is 10.1. The first kappa shape index (κ1) is 18.5. The van der Waals surface area contributed by atoms with E-state index in [1.165, 1.54) is 11.8 Å². The zero-order chi connectivity index (χ0) is 18.2. The molecule has 2 fully saturated rings. The lowest BCUT2D eigenvalue weighted by molar-refractivity contribution is -0.121. The van der Waals surface area contributed by atoms with Gasteiger partial charge in [0.15, 0.2) is 15.0 Å². The van der Waals surface area contributed by atoms with Crippen molar-refractivity contribution < 1.29 is 13.2 Å². The second kappa shape index (κ2) is 7.11. The number of aliphatic imine (C=N–C) groups is 1. The third-order valence-corrected chi connectivity index (χ3v) is 8.10. The molecule has 0 aliphatic carbocycles. The topological polar surface area (TPSA) is 66.8 Å². The summed E-state index contributed by atoms with van der Waals surface area (Å²) in [5.74, 6) is 0.101. The standard InChI is InChI=1S/C18H24N2O3S2/c1-4-13(5-2)17(21)19-18-20(14-8-6-7-12(3)9-14)15-10-25(22,23)11-16(15)24-18/h6-9,13,15-16H,4-5,10-11H2,1-3H3. The molecule has 2 aliphatic heterocycles. The van der Waals surface area contributed by atoms with E-state index in [2.05, 4.69) is 4.99 Å². The van der Waals surface area contributed by atoms with Crippen molar-refractivity contribution in [2.45, 2.75) is 44.9 Å². The first-order chi connectivity index (χ1) is 11.8. The lowest BCUT2D eigenvalue weighted by Gasteiger charge is -2.25. The third kappa shape index (κ3) is 3.77. The molecule has 0 spiro atoms. The summed E-state index contributed by atoms with van der Waals surface area (Å²) in [5.41, 5.74) is 2.01. The summed E-state index contributed by atoms with van der Waals surface area (Å²) in [6.45, 7) is 5.99. The first-order valence-electron chi connectivity index (χ1n) is 8.70. The summed E-state index contributed by atoms with van der Waals surface area (Å²) >= 11 is 1.43. The lowest BCUT2D eigenvalue weighted by Crippen LogP contribution is -2.38. The number of amidine groups is 1. The van der Waals surface area contributed by atoms with Crippen LogP contribution in [0.15, 0.2) is 29.3 Å². The van der Waals surface area contributed by atoms with Gasteiger partial charge < -0.3 is 4.90 Å². The van der Waals surface area contributed by atoms with Gasteiger partial charge in [-0.15, -0.1) is 0 Å². The van der Waals surface area contributed by atoms with E-state index in [1.807, 2.05) is 49.9 Å². The van der Waals surface area contributed by atoms with Gasteiger partial charge in [-0.3, -0.25) is 4.79 Å². The van der Waals surface area contributed by atoms with Crippen LogP contribution in [0.1, 0.15) is 32.3 Å². The number of nitrogens with zero attached hydrogens (tertiary/aromatic N) is 2. The van der Waals surface area contributed by atoms with Crippen LogP contribution >= 0.6 is 11.8 Å². The molecule has 2 atom stereocenters. The van der Waals surface area contributed by atoms with Crippen LogP contribution in [0.25, 0.3) is 0 Å². The largest absolute Gasteiger partial charge is 0.316 e. The van der Waals surface area contributed by atoms with Crippen molar-refractivity contribution in [2.24, 2.45) is 10.9 Å². The Hall–Kier alpha value is -1.34. The smallest absolute Gasteiger partial charge is 0.251 e. The van der Waals surface area contributed by atoms with Crippen LogP contribution in [0.5, 0.6) is 0 Å². The predicted octanol–water partition coefficient (Wildman–Crippen LogP) is 3.03. The maximum absolute atomic E-state index is 12.5. The molecule has 0 saturated carbocycles. The second-order valence-electron chi connectivity index (χ2n) is 6.76. The van der Waals surface area contributed by atoms with Gasteiger partial charge in [0.05, 0.1) is 17.5 Å². The van der Waals surface area contributed by atoms with Crippen LogP contribution < -0.4 is 4.90 Å². The molecule has 2 aliphatic rings. The summed E-state index contributed by atoms with van der Waals surface area (Å²) in [4.78, 5) is 18.9. The average Bonchev–Trinajstić information content (AvgIpc) is 2.99. The van der Waals surface area contributed by atoms with Crippen molar-refractivity contribution in [1.82, 2.24) is 0 Å². The Morgan fingerprint density at radius 1 is 1.32 bits per heavy atom. The number of hydrogen-bond acceptors (Lipinski definition) is 4. The molecular formula is C18H24N2O3S2. The Bertz CT molecular complexity index is 800. The van der Waals surface area contributed by atoms with Crippen LogP contribution in [0.4, 0.5) is 5.69 Å². The molecule has 0 aromatic heterocycles. The van der Waals surface area contributed by atoms with E-state index in [0.717, 1.165) is 24.1 Å². The average molecular weight is 381 g/mol. The number of rotatable bonds is 4. The maximum atomic E-state index is 12.5. The fraction of sp³-hybridized carbons (Fsp3) is 0.556. The number of amides is 1. The molecule has 0 N–H and O–H groups in total. The van der Waals surface area contributed by atoms with E-state index in [1.54, 1.807) is 0 Å². The summed E-state index contributed by atoms with van der Waals surface area (Å²) in [6, 6.07) is 7.78. The third-order valence-electron chi connectivity index (χ3n) is 4.89. The van der Waals surface area contributed by atoms with Gasteiger partial charge in [-0.05, 0) is 37.5 Å². The Labute approximate surface area is 153 Å². The van der Waals surface area contributed by atoms with Crippen molar-refractivity contribution in [2.75, 3.05) is 16.4 Å². The number of carbonyl (C=O) groups is 1. The molecule has 1 aromatic rings. The number of fused-ring (bicyclic) bond motifs is 1. The van der Waals surface area contributed by atoms with Crippen LogP contribution in [0.3, 0.4) is 0 Å². The van der Waals surface area contributed by atoms with Crippen molar-refractivity contribution in [3.63, 3.8) is 0 Å². The highest BCUT2D eigenvalue weighted by Gasteiger charge is 2.49. The Morgan fingerprint density at radius 2 is 2.04 bits per heavy atom. The first-order valence-corrected chi connectivity index (χ1v) is 11.4. The van der Waals surface area contributed by atoms with Gasteiger partial charge in [-0.1, -0.05) is 37.7 Å². The minimum atomic E-state index is -3.04. The van der Waals surface area contributed by atoms with Gasteiger partial charge in [0.2, 0.25) is 0 Å². The van der Waals surface area contributed by atoms with Crippen molar-refractivity contribution in [3.05, 3.63) is 29.8 Å². The minimum Gasteiger partial charge on any atom is -0.316 e. The fourth-order valence-electron chi connectivity index (χ4n) is 3.47. The van der Waals surface area contributed by atoms with E-state index in [-0.39, 0.29) is 34.6 Å².